The minimum atomic E-state index is -1.03. The van der Waals surface area contributed by atoms with Crippen LogP contribution in [0, 0.1) is 11.6 Å². The van der Waals surface area contributed by atoms with E-state index in [0.29, 0.717) is 5.56 Å². The van der Waals surface area contributed by atoms with Crippen LogP contribution in [0.3, 0.4) is 0 Å². The molecule has 0 bridgehead atoms. The van der Waals surface area contributed by atoms with Crippen LogP contribution in [-0.2, 0) is 16.1 Å². The van der Waals surface area contributed by atoms with E-state index in [1.165, 1.54) is 6.07 Å². The summed E-state index contributed by atoms with van der Waals surface area (Å²) in [4.78, 5) is 32.9. The molecule has 3 N–H and O–H groups in total. The smallest absolute Gasteiger partial charge is 0.321 e. The number of hydrogen-bond donors (Lipinski definition) is 3. The molecule has 0 spiro atoms. The third-order valence-electron chi connectivity index (χ3n) is 2.48. The van der Waals surface area contributed by atoms with E-state index in [1.807, 2.05) is 5.32 Å². The fourth-order valence-corrected chi connectivity index (χ4v) is 1.47. The minimum Gasteiger partial charge on any atom is -0.481 e. The standard InChI is InChI=1S/C13H14F2N2O4/c14-9-5-4-8(6-10(9)15)7-16-13(21)17-11(18)2-1-3-12(19)20/h4-6H,1-3,7H2,(H,19,20)(H2,16,17,18,21). The van der Waals surface area contributed by atoms with Crippen molar-refractivity contribution in [1.29, 1.82) is 0 Å². The van der Waals surface area contributed by atoms with Crippen molar-refractivity contribution in [2.75, 3.05) is 0 Å². The van der Waals surface area contributed by atoms with Crippen LogP contribution in [0.25, 0.3) is 0 Å². The number of carbonyl (C=O) groups is 3. The van der Waals surface area contributed by atoms with Crippen LogP contribution in [0.4, 0.5) is 13.6 Å². The van der Waals surface area contributed by atoms with Gasteiger partial charge >= 0.3 is 12.0 Å². The molecule has 1 aromatic rings. The SMILES string of the molecule is O=C(O)CCCC(=O)NC(=O)NCc1ccc(F)c(F)c1. The number of halogens is 2. The van der Waals surface area contributed by atoms with Crippen molar-refractivity contribution in [2.24, 2.45) is 0 Å². The number of hydrogen-bond acceptors (Lipinski definition) is 3. The van der Waals surface area contributed by atoms with Crippen LogP contribution in [0.1, 0.15) is 24.8 Å². The highest BCUT2D eigenvalue weighted by Gasteiger charge is 2.09. The van der Waals surface area contributed by atoms with E-state index < -0.39 is 29.5 Å². The van der Waals surface area contributed by atoms with Crippen molar-refractivity contribution < 1.29 is 28.3 Å². The van der Waals surface area contributed by atoms with Gasteiger partial charge in [0.1, 0.15) is 0 Å². The molecule has 0 aromatic heterocycles. The van der Waals surface area contributed by atoms with Gasteiger partial charge in [0, 0.05) is 19.4 Å². The van der Waals surface area contributed by atoms with Gasteiger partial charge in [0.25, 0.3) is 0 Å². The van der Waals surface area contributed by atoms with Gasteiger partial charge in [-0.3, -0.25) is 14.9 Å². The lowest BCUT2D eigenvalue weighted by Gasteiger charge is -2.07. The Balaban J connectivity index is 2.31. The number of carbonyl (C=O) groups excluding carboxylic acids is 2. The molecule has 114 valence electrons. The molecule has 0 fully saturated rings. The lowest BCUT2D eigenvalue weighted by molar-refractivity contribution is -0.137. The largest absolute Gasteiger partial charge is 0.481 e. The van der Waals surface area contributed by atoms with Crippen molar-refractivity contribution >= 4 is 17.9 Å². The Morgan fingerprint density at radius 3 is 2.43 bits per heavy atom. The van der Waals surface area contributed by atoms with E-state index in [2.05, 4.69) is 5.32 Å². The Bertz CT molecular complexity index is 549. The average molecular weight is 300 g/mol. The lowest BCUT2D eigenvalue weighted by atomic mass is 10.2. The van der Waals surface area contributed by atoms with Gasteiger partial charge in [-0.2, -0.15) is 0 Å². The molecule has 0 saturated carbocycles. The first-order chi connectivity index (χ1) is 9.88. The van der Waals surface area contributed by atoms with Gasteiger partial charge in [0.05, 0.1) is 0 Å². The molecule has 0 heterocycles. The first kappa shape index (κ1) is 16.5. The third-order valence-corrected chi connectivity index (χ3v) is 2.48. The third kappa shape index (κ3) is 6.46. The monoisotopic (exact) mass is 300 g/mol. The maximum Gasteiger partial charge on any atom is 0.321 e. The molecule has 6 nitrogen and oxygen atoms in total. The highest BCUT2D eigenvalue weighted by Crippen LogP contribution is 2.08. The summed E-state index contributed by atoms with van der Waals surface area (Å²) in [6.45, 7) is -0.0779. The quantitative estimate of drug-likeness (QED) is 0.742. The molecule has 21 heavy (non-hydrogen) atoms. The van der Waals surface area contributed by atoms with Gasteiger partial charge in [0.2, 0.25) is 5.91 Å². The highest BCUT2D eigenvalue weighted by molar-refractivity contribution is 5.94. The van der Waals surface area contributed by atoms with Crippen molar-refractivity contribution in [1.82, 2.24) is 10.6 Å². The summed E-state index contributed by atoms with van der Waals surface area (Å²) in [5, 5.41) is 12.7. The van der Waals surface area contributed by atoms with E-state index in [1.54, 1.807) is 0 Å². The van der Waals surface area contributed by atoms with Crippen molar-refractivity contribution in [3.05, 3.63) is 35.4 Å². The average Bonchev–Trinajstić information content (AvgIpc) is 2.39. The second kappa shape index (κ2) is 7.93. The second-order valence-electron chi connectivity index (χ2n) is 4.23. The number of imide groups is 1. The van der Waals surface area contributed by atoms with Gasteiger partial charge in [-0.05, 0) is 24.1 Å². The second-order valence-corrected chi connectivity index (χ2v) is 4.23. The van der Waals surface area contributed by atoms with E-state index in [9.17, 15) is 23.2 Å². The van der Waals surface area contributed by atoms with Crippen LogP contribution in [0.5, 0.6) is 0 Å². The van der Waals surface area contributed by atoms with Crippen LogP contribution in [0.15, 0.2) is 18.2 Å². The number of rotatable bonds is 6. The summed E-state index contributed by atoms with van der Waals surface area (Å²) >= 11 is 0. The molecule has 0 aliphatic carbocycles. The molecule has 1 aromatic carbocycles. The molecule has 0 aliphatic heterocycles. The van der Waals surface area contributed by atoms with Crippen LogP contribution in [-0.4, -0.2) is 23.0 Å². The summed E-state index contributed by atoms with van der Waals surface area (Å²) in [6, 6.07) is 2.37. The first-order valence-corrected chi connectivity index (χ1v) is 6.12. The maximum absolute atomic E-state index is 12.9. The molecule has 3 amide bonds. The fraction of sp³-hybridized carbons (Fsp3) is 0.308. The van der Waals surface area contributed by atoms with Gasteiger partial charge in [-0.25, -0.2) is 13.6 Å². The molecule has 0 radical (unpaired) electrons. The normalized spacial score (nSPS) is 10.0. The number of carboxylic acids is 1. The van der Waals surface area contributed by atoms with E-state index in [0.717, 1.165) is 12.1 Å². The van der Waals surface area contributed by atoms with E-state index in [4.69, 9.17) is 5.11 Å². The molecule has 0 unspecified atom stereocenters. The summed E-state index contributed by atoms with van der Waals surface area (Å²) in [7, 11) is 0. The highest BCUT2D eigenvalue weighted by atomic mass is 19.2. The Morgan fingerprint density at radius 1 is 1.10 bits per heavy atom. The van der Waals surface area contributed by atoms with Gasteiger partial charge in [-0.1, -0.05) is 6.07 Å². The topological polar surface area (TPSA) is 95.5 Å². The predicted molar refractivity (Wildman–Crippen MR) is 68.2 cm³/mol. The Hall–Kier alpha value is -2.51. The minimum absolute atomic E-state index is 0.0779. The van der Waals surface area contributed by atoms with E-state index >= 15 is 0 Å². The summed E-state index contributed by atoms with van der Waals surface area (Å²) in [6.07, 6.45) is -0.133. The summed E-state index contributed by atoms with van der Waals surface area (Å²) < 4.78 is 25.6. The molecule has 0 atom stereocenters. The molecule has 0 saturated heterocycles. The maximum atomic E-state index is 12.9. The van der Waals surface area contributed by atoms with Gasteiger partial charge in [0.15, 0.2) is 11.6 Å². The van der Waals surface area contributed by atoms with Crippen molar-refractivity contribution in [3.63, 3.8) is 0 Å². The van der Waals surface area contributed by atoms with Gasteiger partial charge < -0.3 is 10.4 Å². The van der Waals surface area contributed by atoms with Crippen LogP contribution < -0.4 is 10.6 Å². The molecule has 8 heteroatoms. The Kier molecular flexibility index (Phi) is 6.25. The number of amides is 3. The number of benzene rings is 1. The Labute approximate surface area is 119 Å². The molecule has 0 aliphatic rings. The molecule has 1 rings (SSSR count). The van der Waals surface area contributed by atoms with E-state index in [-0.39, 0.29) is 25.8 Å². The van der Waals surface area contributed by atoms with Crippen molar-refractivity contribution in [3.8, 4) is 0 Å². The predicted octanol–water partition coefficient (Wildman–Crippen LogP) is 1.55. The first-order valence-electron chi connectivity index (χ1n) is 6.12. The molecular formula is C13H14F2N2O4. The summed E-state index contributed by atoms with van der Waals surface area (Å²) in [5.41, 5.74) is 0.336. The number of nitrogens with one attached hydrogen (secondary N) is 2. The number of aliphatic carboxylic acids is 1. The fourth-order valence-electron chi connectivity index (χ4n) is 1.47. The van der Waals surface area contributed by atoms with Crippen LogP contribution >= 0.6 is 0 Å². The number of urea groups is 1. The van der Waals surface area contributed by atoms with Crippen LogP contribution in [0.2, 0.25) is 0 Å². The number of carboxylic acid groups (broad SMARTS) is 1. The zero-order valence-corrected chi connectivity index (χ0v) is 11.0. The van der Waals surface area contributed by atoms with Crippen molar-refractivity contribution in [2.45, 2.75) is 25.8 Å². The lowest BCUT2D eigenvalue weighted by Crippen LogP contribution is -2.39. The molecular weight excluding hydrogens is 286 g/mol. The summed E-state index contributed by atoms with van der Waals surface area (Å²) in [5.74, 6) is -3.65. The zero-order valence-electron chi connectivity index (χ0n) is 11.0. The zero-order chi connectivity index (χ0) is 15.8. The van der Waals surface area contributed by atoms with Gasteiger partial charge in [-0.15, -0.1) is 0 Å². The Morgan fingerprint density at radius 2 is 1.81 bits per heavy atom.